The minimum Gasteiger partial charge on any atom is -0.486 e. The summed E-state index contributed by atoms with van der Waals surface area (Å²) < 4.78 is 16.4. The van der Waals surface area contributed by atoms with Crippen molar-refractivity contribution in [1.29, 1.82) is 0 Å². The molecule has 5 heteroatoms. The molecule has 2 heterocycles. The van der Waals surface area contributed by atoms with Crippen LogP contribution in [0.2, 0.25) is 0 Å². The van der Waals surface area contributed by atoms with E-state index in [1.807, 2.05) is 12.1 Å². The first-order valence-electron chi connectivity index (χ1n) is 6.33. The molecule has 1 unspecified atom stereocenters. The van der Waals surface area contributed by atoms with Crippen molar-refractivity contribution in [2.75, 3.05) is 44.0 Å². The number of benzene rings is 1. The molecule has 0 aliphatic carbocycles. The van der Waals surface area contributed by atoms with Crippen LogP contribution >= 0.6 is 0 Å². The summed E-state index contributed by atoms with van der Waals surface area (Å²) in [6.07, 6.45) is 1.11. The zero-order chi connectivity index (χ0) is 12.4. The third kappa shape index (κ3) is 2.31. The molecular weight excluding hydrogens is 232 g/mol. The molecule has 0 radical (unpaired) electrons. The van der Waals surface area contributed by atoms with E-state index in [2.05, 4.69) is 5.32 Å². The van der Waals surface area contributed by atoms with Crippen molar-refractivity contribution in [3.63, 3.8) is 0 Å². The Hall–Kier alpha value is -1.62. The average Bonchev–Trinajstić information content (AvgIpc) is 2.89. The molecule has 98 valence electrons. The molecule has 18 heavy (non-hydrogen) atoms. The minimum atomic E-state index is 0.567. The number of nitrogens with one attached hydrogen (secondary N) is 1. The van der Waals surface area contributed by atoms with Crippen LogP contribution in [0.3, 0.4) is 0 Å². The van der Waals surface area contributed by atoms with Crippen LogP contribution in [0.15, 0.2) is 12.1 Å². The molecule has 1 aromatic carbocycles. The van der Waals surface area contributed by atoms with Gasteiger partial charge in [0, 0.05) is 31.2 Å². The van der Waals surface area contributed by atoms with E-state index in [9.17, 15) is 0 Å². The fourth-order valence-electron chi connectivity index (χ4n) is 2.26. The number of hydrogen-bond donors (Lipinski definition) is 2. The summed E-state index contributed by atoms with van der Waals surface area (Å²) in [5.74, 6) is 2.06. The second-order valence-electron chi connectivity index (χ2n) is 4.69. The molecule has 0 amide bonds. The third-order valence-corrected chi connectivity index (χ3v) is 3.32. The van der Waals surface area contributed by atoms with E-state index in [-0.39, 0.29) is 0 Å². The highest BCUT2D eigenvalue weighted by Gasteiger charge is 2.17. The van der Waals surface area contributed by atoms with Crippen LogP contribution in [0.5, 0.6) is 11.5 Å². The zero-order valence-corrected chi connectivity index (χ0v) is 10.3. The van der Waals surface area contributed by atoms with Gasteiger partial charge < -0.3 is 25.3 Å². The third-order valence-electron chi connectivity index (χ3n) is 3.32. The number of rotatable bonds is 3. The summed E-state index contributed by atoms with van der Waals surface area (Å²) in [6.45, 7) is 3.75. The van der Waals surface area contributed by atoms with Gasteiger partial charge in [0.25, 0.3) is 0 Å². The topological polar surface area (TPSA) is 65.7 Å². The van der Waals surface area contributed by atoms with E-state index in [0.29, 0.717) is 24.8 Å². The predicted molar refractivity (Wildman–Crippen MR) is 69.3 cm³/mol. The van der Waals surface area contributed by atoms with Crippen LogP contribution in [-0.2, 0) is 4.74 Å². The van der Waals surface area contributed by atoms with E-state index >= 15 is 0 Å². The Morgan fingerprint density at radius 1 is 1.17 bits per heavy atom. The molecule has 3 N–H and O–H groups in total. The molecule has 1 aromatic rings. The number of nitrogen functional groups attached to an aromatic ring is 1. The molecule has 1 fully saturated rings. The Kier molecular flexibility index (Phi) is 3.15. The first-order chi connectivity index (χ1) is 8.83. The number of nitrogens with two attached hydrogens (primary N) is 1. The summed E-state index contributed by atoms with van der Waals surface area (Å²) >= 11 is 0. The second kappa shape index (κ2) is 4.94. The van der Waals surface area contributed by atoms with Gasteiger partial charge in [-0.3, -0.25) is 0 Å². The van der Waals surface area contributed by atoms with E-state index in [4.69, 9.17) is 19.9 Å². The standard InChI is InChI=1S/C13H18N2O3/c14-10-5-12-13(18-4-3-17-12)6-11(10)15-7-9-1-2-16-8-9/h5-6,9,15H,1-4,7-8,14H2. The van der Waals surface area contributed by atoms with Gasteiger partial charge in [-0.25, -0.2) is 0 Å². The molecule has 1 atom stereocenters. The zero-order valence-electron chi connectivity index (χ0n) is 10.3. The Balaban J connectivity index is 1.70. The highest BCUT2D eigenvalue weighted by molar-refractivity contribution is 5.72. The van der Waals surface area contributed by atoms with Crippen molar-refractivity contribution in [3.05, 3.63) is 12.1 Å². The monoisotopic (exact) mass is 250 g/mol. The molecular formula is C13H18N2O3. The van der Waals surface area contributed by atoms with E-state index in [0.717, 1.165) is 43.4 Å². The Bertz CT molecular complexity index is 430. The number of fused-ring (bicyclic) bond motifs is 1. The minimum absolute atomic E-state index is 0.567. The maximum absolute atomic E-state index is 6.00. The molecule has 3 rings (SSSR count). The maximum atomic E-state index is 6.00. The largest absolute Gasteiger partial charge is 0.486 e. The summed E-state index contributed by atoms with van der Waals surface area (Å²) in [5, 5.41) is 3.36. The van der Waals surface area contributed by atoms with Gasteiger partial charge in [-0.15, -0.1) is 0 Å². The number of anilines is 2. The lowest BCUT2D eigenvalue weighted by Crippen LogP contribution is -2.18. The van der Waals surface area contributed by atoms with Crippen LogP contribution in [0.25, 0.3) is 0 Å². The first kappa shape index (κ1) is 11.5. The lowest BCUT2D eigenvalue weighted by molar-refractivity contribution is 0.172. The highest BCUT2D eigenvalue weighted by Crippen LogP contribution is 2.37. The second-order valence-corrected chi connectivity index (χ2v) is 4.69. The fraction of sp³-hybridized carbons (Fsp3) is 0.538. The van der Waals surface area contributed by atoms with Gasteiger partial charge in [0.2, 0.25) is 0 Å². The van der Waals surface area contributed by atoms with Crippen molar-refractivity contribution in [2.45, 2.75) is 6.42 Å². The van der Waals surface area contributed by atoms with E-state index in [1.165, 1.54) is 0 Å². The van der Waals surface area contributed by atoms with Gasteiger partial charge in [-0.2, -0.15) is 0 Å². The van der Waals surface area contributed by atoms with Crippen molar-refractivity contribution >= 4 is 11.4 Å². The van der Waals surface area contributed by atoms with Crippen molar-refractivity contribution < 1.29 is 14.2 Å². The van der Waals surface area contributed by atoms with Crippen LogP contribution < -0.4 is 20.5 Å². The fourth-order valence-corrected chi connectivity index (χ4v) is 2.26. The van der Waals surface area contributed by atoms with Crippen LogP contribution in [0.4, 0.5) is 11.4 Å². The van der Waals surface area contributed by atoms with Gasteiger partial charge in [-0.1, -0.05) is 0 Å². The Morgan fingerprint density at radius 2 is 1.94 bits per heavy atom. The van der Waals surface area contributed by atoms with Crippen LogP contribution in [0.1, 0.15) is 6.42 Å². The number of ether oxygens (including phenoxy) is 3. The average molecular weight is 250 g/mol. The number of hydrogen-bond acceptors (Lipinski definition) is 5. The lowest BCUT2D eigenvalue weighted by Gasteiger charge is -2.21. The van der Waals surface area contributed by atoms with Crippen molar-refractivity contribution in [3.8, 4) is 11.5 Å². The van der Waals surface area contributed by atoms with Crippen molar-refractivity contribution in [2.24, 2.45) is 5.92 Å². The quantitative estimate of drug-likeness (QED) is 0.796. The predicted octanol–water partition coefficient (Wildman–Crippen LogP) is 1.49. The molecule has 0 aromatic heterocycles. The smallest absolute Gasteiger partial charge is 0.163 e. The Morgan fingerprint density at radius 3 is 2.67 bits per heavy atom. The maximum Gasteiger partial charge on any atom is 0.163 e. The van der Waals surface area contributed by atoms with Gasteiger partial charge in [-0.05, 0) is 6.42 Å². The van der Waals surface area contributed by atoms with E-state index < -0.39 is 0 Å². The molecule has 2 aliphatic rings. The molecule has 1 saturated heterocycles. The summed E-state index contributed by atoms with van der Waals surface area (Å²) in [7, 11) is 0. The van der Waals surface area contributed by atoms with Gasteiger partial charge in [0.15, 0.2) is 11.5 Å². The lowest BCUT2D eigenvalue weighted by atomic mass is 10.1. The summed E-state index contributed by atoms with van der Waals surface area (Å²) in [5.41, 5.74) is 7.60. The van der Waals surface area contributed by atoms with E-state index in [1.54, 1.807) is 0 Å². The molecule has 0 saturated carbocycles. The van der Waals surface area contributed by atoms with Crippen molar-refractivity contribution in [1.82, 2.24) is 0 Å². The van der Waals surface area contributed by atoms with Crippen LogP contribution in [0, 0.1) is 5.92 Å². The molecule has 0 bridgehead atoms. The van der Waals surface area contributed by atoms with Crippen LogP contribution in [-0.4, -0.2) is 33.0 Å². The van der Waals surface area contributed by atoms with Gasteiger partial charge in [0.1, 0.15) is 13.2 Å². The Labute approximate surface area is 106 Å². The first-order valence-corrected chi connectivity index (χ1v) is 6.33. The SMILES string of the molecule is Nc1cc2c(cc1NCC1CCOC1)OCCO2. The van der Waals surface area contributed by atoms with Gasteiger partial charge >= 0.3 is 0 Å². The highest BCUT2D eigenvalue weighted by atomic mass is 16.6. The summed E-state index contributed by atoms with van der Waals surface area (Å²) in [6, 6.07) is 3.74. The van der Waals surface area contributed by atoms with Gasteiger partial charge in [0.05, 0.1) is 18.0 Å². The normalized spacial score (nSPS) is 21.9. The molecule has 5 nitrogen and oxygen atoms in total. The molecule has 2 aliphatic heterocycles. The molecule has 0 spiro atoms. The summed E-state index contributed by atoms with van der Waals surface area (Å²) in [4.78, 5) is 0.